The summed E-state index contributed by atoms with van der Waals surface area (Å²) >= 11 is 0. The van der Waals surface area contributed by atoms with Crippen LogP contribution in [0.4, 0.5) is 11.4 Å². The van der Waals surface area contributed by atoms with Crippen molar-refractivity contribution in [2.75, 3.05) is 11.5 Å². The van der Waals surface area contributed by atoms with Gasteiger partial charge in [-0.1, -0.05) is 0 Å². The molecule has 0 spiro atoms. The number of benzene rings is 1. The van der Waals surface area contributed by atoms with Crippen molar-refractivity contribution in [2.45, 2.75) is 25.7 Å². The summed E-state index contributed by atoms with van der Waals surface area (Å²) in [5.41, 5.74) is 12.6. The zero-order chi connectivity index (χ0) is 13.4. The highest BCUT2D eigenvalue weighted by Gasteiger charge is 2.22. The van der Waals surface area contributed by atoms with Gasteiger partial charge < -0.3 is 11.5 Å². The number of anilines is 2. The Labute approximate surface area is 100 Å². The number of hydrogen-bond acceptors (Lipinski definition) is 5. The highest BCUT2D eigenvalue weighted by atomic mass is 32.2. The molecule has 0 unspecified atom stereocenters. The average Bonchev–Trinajstić information content (AvgIpc) is 2.11. The van der Waals surface area contributed by atoms with Crippen LogP contribution in [-0.4, -0.2) is 14.3 Å². The van der Waals surface area contributed by atoms with Crippen LogP contribution in [0.2, 0.25) is 0 Å². The standard InChI is InChI=1S/C10H15N3O3S/c1-5-4-8(11)9(12)6(2)10(5)17(15,16)13-7(3)14/h4H,11-12H2,1-3H3,(H,13,14). The van der Waals surface area contributed by atoms with Gasteiger partial charge >= 0.3 is 0 Å². The Bertz CT molecular complexity index is 579. The van der Waals surface area contributed by atoms with E-state index in [0.29, 0.717) is 16.8 Å². The number of sulfonamides is 1. The first-order valence-corrected chi connectivity index (χ1v) is 6.33. The number of aryl methyl sites for hydroxylation is 1. The van der Waals surface area contributed by atoms with E-state index < -0.39 is 15.9 Å². The summed E-state index contributed by atoms with van der Waals surface area (Å²) in [6.45, 7) is 4.27. The third kappa shape index (κ3) is 2.50. The third-order valence-corrected chi connectivity index (χ3v) is 4.05. The second kappa shape index (κ2) is 4.25. The first-order chi connectivity index (χ1) is 7.66. The minimum Gasteiger partial charge on any atom is -0.397 e. The second-order valence-corrected chi connectivity index (χ2v) is 5.43. The van der Waals surface area contributed by atoms with E-state index in [0.717, 1.165) is 6.92 Å². The zero-order valence-corrected chi connectivity index (χ0v) is 10.7. The van der Waals surface area contributed by atoms with Crippen LogP contribution >= 0.6 is 0 Å². The summed E-state index contributed by atoms with van der Waals surface area (Å²) in [5.74, 6) is -0.654. The molecule has 0 heterocycles. The molecular weight excluding hydrogens is 242 g/mol. The van der Waals surface area contributed by atoms with E-state index in [4.69, 9.17) is 11.5 Å². The molecule has 94 valence electrons. The Morgan fingerprint density at radius 1 is 1.29 bits per heavy atom. The molecule has 0 aromatic heterocycles. The lowest BCUT2D eigenvalue weighted by molar-refractivity contribution is -0.117. The van der Waals surface area contributed by atoms with Crippen molar-refractivity contribution < 1.29 is 13.2 Å². The van der Waals surface area contributed by atoms with E-state index in [-0.39, 0.29) is 10.6 Å². The highest BCUT2D eigenvalue weighted by Crippen LogP contribution is 2.29. The first-order valence-electron chi connectivity index (χ1n) is 4.85. The van der Waals surface area contributed by atoms with Crippen LogP contribution < -0.4 is 16.2 Å². The van der Waals surface area contributed by atoms with Crippen LogP contribution in [0.3, 0.4) is 0 Å². The average molecular weight is 257 g/mol. The summed E-state index contributed by atoms with van der Waals surface area (Å²) in [6.07, 6.45) is 0. The fourth-order valence-corrected chi connectivity index (χ4v) is 3.14. The molecule has 0 aliphatic rings. The Morgan fingerprint density at radius 2 is 1.82 bits per heavy atom. The van der Waals surface area contributed by atoms with Crippen LogP contribution in [0, 0.1) is 13.8 Å². The van der Waals surface area contributed by atoms with Gasteiger partial charge in [-0.05, 0) is 31.0 Å². The van der Waals surface area contributed by atoms with Crippen LogP contribution in [0.15, 0.2) is 11.0 Å². The molecule has 1 amide bonds. The molecule has 0 fully saturated rings. The van der Waals surface area contributed by atoms with Crippen molar-refractivity contribution in [3.63, 3.8) is 0 Å². The summed E-state index contributed by atoms with van der Waals surface area (Å²) < 4.78 is 25.7. The number of nitrogens with two attached hydrogens (primary N) is 2. The number of nitrogen functional groups attached to an aromatic ring is 2. The Hall–Kier alpha value is -1.76. The van der Waals surface area contributed by atoms with Gasteiger partial charge in [0.15, 0.2) is 0 Å². The molecule has 1 rings (SSSR count). The first kappa shape index (κ1) is 13.3. The van der Waals surface area contributed by atoms with Crippen molar-refractivity contribution in [3.05, 3.63) is 17.2 Å². The monoisotopic (exact) mass is 257 g/mol. The van der Waals surface area contributed by atoms with Gasteiger partial charge in [-0.25, -0.2) is 13.1 Å². The molecule has 0 aliphatic carbocycles. The van der Waals surface area contributed by atoms with Crippen molar-refractivity contribution in [1.82, 2.24) is 4.72 Å². The lowest BCUT2D eigenvalue weighted by Crippen LogP contribution is -2.29. The van der Waals surface area contributed by atoms with Crippen molar-refractivity contribution in [2.24, 2.45) is 0 Å². The number of rotatable bonds is 2. The molecule has 0 atom stereocenters. The van der Waals surface area contributed by atoms with E-state index in [2.05, 4.69) is 0 Å². The minimum atomic E-state index is -3.90. The molecular formula is C10H15N3O3S. The number of hydrogen-bond donors (Lipinski definition) is 3. The van der Waals surface area contributed by atoms with Crippen LogP contribution in [0.5, 0.6) is 0 Å². The Balaban J connectivity index is 3.53. The van der Waals surface area contributed by atoms with Gasteiger partial charge in [0, 0.05) is 6.92 Å². The number of carbonyl (C=O) groups is 1. The van der Waals surface area contributed by atoms with Crippen LogP contribution in [0.1, 0.15) is 18.1 Å². The summed E-state index contributed by atoms with van der Waals surface area (Å²) in [4.78, 5) is 10.9. The van der Waals surface area contributed by atoms with Gasteiger partial charge in [-0.3, -0.25) is 4.79 Å². The number of carbonyl (C=O) groups excluding carboxylic acids is 1. The molecule has 0 saturated heterocycles. The summed E-state index contributed by atoms with van der Waals surface area (Å²) in [5, 5.41) is 0. The number of nitrogens with one attached hydrogen (secondary N) is 1. The van der Waals surface area contributed by atoms with E-state index in [9.17, 15) is 13.2 Å². The maximum absolute atomic E-state index is 11.9. The van der Waals surface area contributed by atoms with E-state index in [1.165, 1.54) is 6.07 Å². The van der Waals surface area contributed by atoms with E-state index in [1.54, 1.807) is 13.8 Å². The Kier molecular flexibility index (Phi) is 3.33. The highest BCUT2D eigenvalue weighted by molar-refractivity contribution is 7.90. The van der Waals surface area contributed by atoms with Crippen LogP contribution in [0.25, 0.3) is 0 Å². The van der Waals surface area contributed by atoms with E-state index >= 15 is 0 Å². The van der Waals surface area contributed by atoms with Gasteiger partial charge in [0.2, 0.25) is 5.91 Å². The number of amides is 1. The van der Waals surface area contributed by atoms with Crippen molar-refractivity contribution in [3.8, 4) is 0 Å². The fourth-order valence-electron chi connectivity index (χ4n) is 1.66. The van der Waals surface area contributed by atoms with Gasteiger partial charge in [0.05, 0.1) is 16.3 Å². The van der Waals surface area contributed by atoms with Gasteiger partial charge in [0.1, 0.15) is 0 Å². The fraction of sp³-hybridized carbons (Fsp3) is 0.300. The predicted molar refractivity (Wildman–Crippen MR) is 65.7 cm³/mol. The largest absolute Gasteiger partial charge is 0.397 e. The maximum atomic E-state index is 11.9. The van der Waals surface area contributed by atoms with Gasteiger partial charge in [-0.2, -0.15) is 0 Å². The molecule has 1 aromatic carbocycles. The molecule has 7 heteroatoms. The van der Waals surface area contributed by atoms with Crippen LogP contribution in [-0.2, 0) is 14.8 Å². The lowest BCUT2D eigenvalue weighted by atomic mass is 10.1. The lowest BCUT2D eigenvalue weighted by Gasteiger charge is -2.14. The normalized spacial score (nSPS) is 11.2. The maximum Gasteiger partial charge on any atom is 0.264 e. The SMILES string of the molecule is CC(=O)NS(=O)(=O)c1c(C)cc(N)c(N)c1C. The molecule has 0 saturated carbocycles. The third-order valence-electron chi connectivity index (χ3n) is 2.33. The second-order valence-electron chi connectivity index (χ2n) is 3.81. The Morgan fingerprint density at radius 3 is 2.29 bits per heavy atom. The van der Waals surface area contributed by atoms with E-state index in [1.807, 2.05) is 4.72 Å². The molecule has 5 N–H and O–H groups in total. The summed E-state index contributed by atoms with van der Waals surface area (Å²) in [6, 6.07) is 1.47. The molecule has 17 heavy (non-hydrogen) atoms. The molecule has 0 radical (unpaired) electrons. The molecule has 1 aromatic rings. The molecule has 0 bridgehead atoms. The van der Waals surface area contributed by atoms with Crippen molar-refractivity contribution in [1.29, 1.82) is 0 Å². The predicted octanol–water partition coefficient (Wildman–Crippen LogP) is 0.293. The van der Waals surface area contributed by atoms with Gasteiger partial charge in [-0.15, -0.1) is 0 Å². The molecule has 0 aliphatic heterocycles. The smallest absolute Gasteiger partial charge is 0.264 e. The van der Waals surface area contributed by atoms with Crippen molar-refractivity contribution >= 4 is 27.3 Å². The van der Waals surface area contributed by atoms with Gasteiger partial charge in [0.25, 0.3) is 10.0 Å². The quantitative estimate of drug-likeness (QED) is 0.659. The molecule has 6 nitrogen and oxygen atoms in total. The minimum absolute atomic E-state index is 0.000556. The summed E-state index contributed by atoms with van der Waals surface area (Å²) in [7, 11) is -3.90. The topological polar surface area (TPSA) is 115 Å². The zero-order valence-electron chi connectivity index (χ0n) is 9.87.